The van der Waals surface area contributed by atoms with Gasteiger partial charge in [0.2, 0.25) is 0 Å². The lowest BCUT2D eigenvalue weighted by Crippen LogP contribution is -1.99. The first-order valence-electron chi connectivity index (χ1n) is 3.95. The molecule has 0 saturated carbocycles. The largest absolute Gasteiger partial charge is 0.495 e. The highest BCUT2D eigenvalue weighted by Crippen LogP contribution is 2.30. The summed E-state index contributed by atoms with van der Waals surface area (Å²) in [7, 11) is 1.54. The first-order chi connectivity index (χ1) is 6.11. The minimum atomic E-state index is 0.431. The summed E-state index contributed by atoms with van der Waals surface area (Å²) < 4.78 is 5.10. The van der Waals surface area contributed by atoms with E-state index in [-0.39, 0.29) is 0 Å². The summed E-state index contributed by atoms with van der Waals surface area (Å²) >= 11 is 0. The zero-order valence-electron chi connectivity index (χ0n) is 8.01. The molecular weight excluding hydrogens is 164 g/mol. The number of nitriles is 1. The van der Waals surface area contributed by atoms with Gasteiger partial charge in [-0.1, -0.05) is 6.07 Å². The highest BCUT2D eigenvalue weighted by atomic mass is 16.5. The Labute approximate surface area is 77.7 Å². The third kappa shape index (κ3) is 1.43. The van der Waals surface area contributed by atoms with E-state index in [0.29, 0.717) is 17.0 Å². The second-order valence-electron chi connectivity index (χ2n) is 2.94. The second kappa shape index (κ2) is 3.36. The molecule has 0 aromatic heterocycles. The van der Waals surface area contributed by atoms with Crippen molar-refractivity contribution in [2.45, 2.75) is 13.8 Å². The maximum Gasteiger partial charge on any atom is 0.141 e. The number of hydrogen-bond donors (Lipinski definition) is 1. The van der Waals surface area contributed by atoms with Crippen LogP contribution in [0.1, 0.15) is 16.7 Å². The Balaban J connectivity index is 3.53. The Morgan fingerprint density at radius 1 is 1.38 bits per heavy atom. The number of nitrogens with two attached hydrogens (primary N) is 1. The number of nitrogen functional groups attached to an aromatic ring is 1. The average molecular weight is 176 g/mol. The van der Waals surface area contributed by atoms with E-state index in [4.69, 9.17) is 15.7 Å². The van der Waals surface area contributed by atoms with E-state index in [0.717, 1.165) is 11.1 Å². The van der Waals surface area contributed by atoms with Crippen molar-refractivity contribution in [1.82, 2.24) is 0 Å². The molecule has 0 radical (unpaired) electrons. The van der Waals surface area contributed by atoms with Crippen molar-refractivity contribution < 1.29 is 4.74 Å². The molecule has 0 saturated heterocycles. The van der Waals surface area contributed by atoms with Crippen LogP contribution in [0.3, 0.4) is 0 Å². The quantitative estimate of drug-likeness (QED) is 0.663. The van der Waals surface area contributed by atoms with E-state index >= 15 is 0 Å². The Kier molecular flexibility index (Phi) is 2.43. The van der Waals surface area contributed by atoms with E-state index in [1.807, 2.05) is 26.0 Å². The van der Waals surface area contributed by atoms with Crippen molar-refractivity contribution >= 4 is 5.69 Å². The molecule has 1 rings (SSSR count). The smallest absolute Gasteiger partial charge is 0.141 e. The van der Waals surface area contributed by atoms with Crippen LogP contribution in [0.5, 0.6) is 5.75 Å². The standard InChI is InChI=1S/C10H12N2O/c1-6-4-7(2)10(13-3)8(5-11)9(6)12/h4H,12H2,1-3H3. The Bertz CT molecular complexity index is 377. The van der Waals surface area contributed by atoms with E-state index in [2.05, 4.69) is 0 Å². The molecule has 13 heavy (non-hydrogen) atoms. The van der Waals surface area contributed by atoms with Crippen LogP contribution >= 0.6 is 0 Å². The zero-order valence-corrected chi connectivity index (χ0v) is 8.01. The van der Waals surface area contributed by atoms with Gasteiger partial charge in [0.05, 0.1) is 12.8 Å². The lowest BCUT2D eigenvalue weighted by Gasteiger charge is -2.10. The maximum atomic E-state index is 8.87. The number of hydrogen-bond acceptors (Lipinski definition) is 3. The van der Waals surface area contributed by atoms with Crippen LogP contribution in [0.2, 0.25) is 0 Å². The predicted octanol–water partition coefficient (Wildman–Crippen LogP) is 1.77. The predicted molar refractivity (Wildman–Crippen MR) is 51.6 cm³/mol. The van der Waals surface area contributed by atoms with Gasteiger partial charge in [-0.2, -0.15) is 5.26 Å². The number of aryl methyl sites for hydroxylation is 2. The molecule has 1 aromatic rings. The number of ether oxygens (including phenoxy) is 1. The van der Waals surface area contributed by atoms with Crippen LogP contribution in [0.25, 0.3) is 0 Å². The topological polar surface area (TPSA) is 59.0 Å². The van der Waals surface area contributed by atoms with Gasteiger partial charge in [0.15, 0.2) is 0 Å². The van der Waals surface area contributed by atoms with Gasteiger partial charge < -0.3 is 10.5 Å². The third-order valence-electron chi connectivity index (χ3n) is 2.03. The van der Waals surface area contributed by atoms with Crippen LogP contribution in [-0.2, 0) is 0 Å². The average Bonchev–Trinajstić information content (AvgIpc) is 2.10. The van der Waals surface area contributed by atoms with Gasteiger partial charge >= 0.3 is 0 Å². The zero-order chi connectivity index (χ0) is 10.0. The fourth-order valence-electron chi connectivity index (χ4n) is 1.36. The lowest BCUT2D eigenvalue weighted by atomic mass is 10.0. The maximum absolute atomic E-state index is 8.87. The highest BCUT2D eigenvalue weighted by Gasteiger charge is 2.11. The van der Waals surface area contributed by atoms with E-state index in [1.54, 1.807) is 0 Å². The van der Waals surface area contributed by atoms with E-state index in [9.17, 15) is 0 Å². The normalized spacial score (nSPS) is 9.38. The van der Waals surface area contributed by atoms with Crippen LogP contribution in [0.4, 0.5) is 5.69 Å². The van der Waals surface area contributed by atoms with Crippen LogP contribution in [0, 0.1) is 25.2 Å². The van der Waals surface area contributed by atoms with Gasteiger partial charge in [-0.3, -0.25) is 0 Å². The van der Waals surface area contributed by atoms with Gasteiger partial charge in [-0.25, -0.2) is 0 Å². The molecule has 3 heteroatoms. The third-order valence-corrected chi connectivity index (χ3v) is 2.03. The molecular formula is C10H12N2O. The minimum Gasteiger partial charge on any atom is -0.495 e. The Morgan fingerprint density at radius 2 is 2.00 bits per heavy atom. The van der Waals surface area contributed by atoms with E-state index < -0.39 is 0 Å². The van der Waals surface area contributed by atoms with Gasteiger partial charge in [-0.05, 0) is 25.0 Å². The molecule has 0 amide bonds. The summed E-state index contributed by atoms with van der Waals surface area (Å²) in [6.07, 6.45) is 0. The fourth-order valence-corrected chi connectivity index (χ4v) is 1.36. The van der Waals surface area contributed by atoms with Gasteiger partial charge in [0.25, 0.3) is 0 Å². The summed E-state index contributed by atoms with van der Waals surface area (Å²) in [6, 6.07) is 3.96. The molecule has 0 heterocycles. The van der Waals surface area contributed by atoms with Crippen molar-refractivity contribution in [2.24, 2.45) is 0 Å². The second-order valence-corrected chi connectivity index (χ2v) is 2.94. The molecule has 0 bridgehead atoms. The van der Waals surface area contributed by atoms with Crippen LogP contribution in [-0.4, -0.2) is 7.11 Å². The lowest BCUT2D eigenvalue weighted by molar-refractivity contribution is 0.410. The fraction of sp³-hybridized carbons (Fsp3) is 0.300. The van der Waals surface area contributed by atoms with Crippen LogP contribution < -0.4 is 10.5 Å². The van der Waals surface area contributed by atoms with Crippen LogP contribution in [0.15, 0.2) is 6.07 Å². The van der Waals surface area contributed by atoms with E-state index in [1.165, 1.54) is 7.11 Å². The molecule has 0 aliphatic heterocycles. The number of nitrogens with zero attached hydrogens (tertiary/aromatic N) is 1. The van der Waals surface area contributed by atoms with Crippen molar-refractivity contribution in [3.05, 3.63) is 22.8 Å². The molecule has 0 unspecified atom stereocenters. The molecule has 1 aromatic carbocycles. The number of anilines is 1. The monoisotopic (exact) mass is 176 g/mol. The van der Waals surface area contributed by atoms with Gasteiger partial charge in [0, 0.05) is 0 Å². The van der Waals surface area contributed by atoms with Crippen molar-refractivity contribution in [1.29, 1.82) is 5.26 Å². The summed E-state index contributed by atoms with van der Waals surface area (Å²) in [4.78, 5) is 0. The Morgan fingerprint density at radius 3 is 2.46 bits per heavy atom. The van der Waals surface area contributed by atoms with Gasteiger partial charge in [-0.15, -0.1) is 0 Å². The first kappa shape index (κ1) is 9.40. The molecule has 2 N–H and O–H groups in total. The summed E-state index contributed by atoms with van der Waals surface area (Å²) in [5.41, 5.74) is 8.52. The number of rotatable bonds is 1. The molecule has 0 aliphatic rings. The minimum absolute atomic E-state index is 0.431. The molecule has 3 nitrogen and oxygen atoms in total. The summed E-state index contributed by atoms with van der Waals surface area (Å²) in [5, 5.41) is 8.87. The Hall–Kier alpha value is -1.69. The summed E-state index contributed by atoms with van der Waals surface area (Å²) in [6.45, 7) is 3.77. The summed E-state index contributed by atoms with van der Waals surface area (Å²) in [5.74, 6) is 0.575. The molecule has 0 aliphatic carbocycles. The number of methoxy groups -OCH3 is 1. The SMILES string of the molecule is COc1c(C)cc(C)c(N)c1C#N. The molecule has 0 spiro atoms. The first-order valence-corrected chi connectivity index (χ1v) is 3.95. The van der Waals surface area contributed by atoms with Crippen molar-refractivity contribution in [2.75, 3.05) is 12.8 Å². The molecule has 0 fully saturated rings. The number of benzene rings is 1. The van der Waals surface area contributed by atoms with Crippen molar-refractivity contribution in [3.63, 3.8) is 0 Å². The van der Waals surface area contributed by atoms with Crippen molar-refractivity contribution in [3.8, 4) is 11.8 Å². The molecule has 68 valence electrons. The highest BCUT2D eigenvalue weighted by molar-refractivity contribution is 5.67. The molecule has 0 atom stereocenters. The van der Waals surface area contributed by atoms with Gasteiger partial charge in [0.1, 0.15) is 17.4 Å².